The molecule has 0 bridgehead atoms. The number of thioether (sulfide) groups is 1. The van der Waals surface area contributed by atoms with Crippen molar-refractivity contribution in [2.24, 2.45) is 0 Å². The van der Waals surface area contributed by atoms with Gasteiger partial charge in [0.05, 0.1) is 22.3 Å². The van der Waals surface area contributed by atoms with Crippen LogP contribution in [-0.4, -0.2) is 33.6 Å². The Balaban J connectivity index is 1.58. The van der Waals surface area contributed by atoms with Gasteiger partial charge in [-0.1, -0.05) is 37.2 Å². The fourth-order valence-corrected chi connectivity index (χ4v) is 4.16. The third-order valence-electron chi connectivity index (χ3n) is 4.83. The lowest BCUT2D eigenvalue weighted by Crippen LogP contribution is -2.25. The van der Waals surface area contributed by atoms with E-state index in [1.807, 2.05) is 12.1 Å². The molecule has 1 N–H and O–H groups in total. The van der Waals surface area contributed by atoms with Crippen LogP contribution in [0.1, 0.15) is 30.1 Å². The maximum atomic E-state index is 12.9. The Labute approximate surface area is 177 Å². The molecule has 0 fully saturated rings. The molecule has 0 radical (unpaired) electrons. The molecule has 7 nitrogen and oxygen atoms in total. The molecule has 0 unspecified atom stereocenters. The zero-order chi connectivity index (χ0) is 21.1. The first kappa shape index (κ1) is 20.2. The molecule has 30 heavy (non-hydrogen) atoms. The van der Waals surface area contributed by atoms with E-state index in [9.17, 15) is 14.4 Å². The second-order valence-corrected chi connectivity index (χ2v) is 7.92. The van der Waals surface area contributed by atoms with E-state index in [0.29, 0.717) is 39.6 Å². The number of carbonyl (C=O) groups excluding carboxylic acids is 2. The minimum absolute atomic E-state index is 0.0287. The van der Waals surface area contributed by atoms with Crippen LogP contribution in [0.3, 0.4) is 0 Å². The number of Topliss-reactive ketones (excluding diaryl/α,β-unsaturated/α-hetero) is 1. The molecular formula is C22H21N3O4S. The van der Waals surface area contributed by atoms with E-state index in [-0.39, 0.29) is 29.6 Å². The first-order chi connectivity index (χ1) is 14.6. The molecule has 0 saturated heterocycles. The van der Waals surface area contributed by atoms with Crippen molar-refractivity contribution >= 4 is 40.0 Å². The van der Waals surface area contributed by atoms with Crippen LogP contribution in [0.15, 0.2) is 52.4 Å². The summed E-state index contributed by atoms with van der Waals surface area (Å²) in [6.45, 7) is 2.60. The number of ether oxygens (including phenoxy) is 1. The number of anilines is 1. The summed E-state index contributed by atoms with van der Waals surface area (Å²) >= 11 is 1.25. The highest BCUT2D eigenvalue weighted by Crippen LogP contribution is 2.29. The van der Waals surface area contributed by atoms with E-state index in [2.05, 4.69) is 17.2 Å². The van der Waals surface area contributed by atoms with Crippen LogP contribution in [0.2, 0.25) is 0 Å². The molecule has 1 aliphatic rings. The van der Waals surface area contributed by atoms with Gasteiger partial charge in [0.15, 0.2) is 17.5 Å². The van der Waals surface area contributed by atoms with Gasteiger partial charge in [0.25, 0.3) is 11.5 Å². The third kappa shape index (κ3) is 4.09. The van der Waals surface area contributed by atoms with E-state index in [0.717, 1.165) is 12.8 Å². The van der Waals surface area contributed by atoms with E-state index in [1.165, 1.54) is 11.8 Å². The number of fused-ring (bicyclic) bond motifs is 2. The Kier molecular flexibility index (Phi) is 5.85. The molecule has 0 atom stereocenters. The van der Waals surface area contributed by atoms with Gasteiger partial charge in [-0.25, -0.2) is 4.98 Å². The van der Waals surface area contributed by atoms with Crippen LogP contribution in [0.4, 0.5) is 5.69 Å². The Hall–Kier alpha value is -3.13. The minimum atomic E-state index is -0.248. The summed E-state index contributed by atoms with van der Waals surface area (Å²) in [5, 5.41) is 3.82. The molecule has 0 aliphatic carbocycles. The Morgan fingerprint density at radius 2 is 2.07 bits per heavy atom. The summed E-state index contributed by atoms with van der Waals surface area (Å²) in [6.07, 6.45) is 1.80. The monoisotopic (exact) mass is 423 g/mol. The lowest BCUT2D eigenvalue weighted by molar-refractivity contribution is -0.118. The highest BCUT2D eigenvalue weighted by Gasteiger charge is 2.19. The SMILES string of the molecule is CCCCn1c(SCC(=O)c2ccc3c(c2)NC(=O)CO3)nc2ccccc2c1=O. The minimum Gasteiger partial charge on any atom is -0.482 e. The Bertz CT molecular complexity index is 1190. The first-order valence-corrected chi connectivity index (χ1v) is 10.8. The van der Waals surface area contributed by atoms with Gasteiger partial charge in [-0.2, -0.15) is 0 Å². The van der Waals surface area contributed by atoms with Gasteiger partial charge >= 0.3 is 0 Å². The molecule has 154 valence electrons. The number of rotatable bonds is 7. The quantitative estimate of drug-likeness (QED) is 0.355. The number of ketones is 1. The van der Waals surface area contributed by atoms with Crippen molar-refractivity contribution in [1.82, 2.24) is 9.55 Å². The molecule has 8 heteroatoms. The number of para-hydroxylation sites is 1. The lowest BCUT2D eigenvalue weighted by Gasteiger charge is -2.18. The average molecular weight is 423 g/mol. The van der Waals surface area contributed by atoms with Crippen LogP contribution in [0, 0.1) is 0 Å². The molecule has 1 aliphatic heterocycles. The fourth-order valence-electron chi connectivity index (χ4n) is 3.24. The van der Waals surface area contributed by atoms with Gasteiger partial charge in [-0.05, 0) is 36.8 Å². The maximum absolute atomic E-state index is 12.9. The van der Waals surface area contributed by atoms with Crippen molar-refractivity contribution in [2.45, 2.75) is 31.5 Å². The molecule has 0 saturated carbocycles. The molecule has 2 heterocycles. The number of aromatic nitrogens is 2. The van der Waals surface area contributed by atoms with Crippen LogP contribution < -0.4 is 15.6 Å². The standard InChI is InChI=1S/C22H21N3O4S/c1-2-3-10-25-21(28)15-6-4-5-7-16(15)24-22(25)30-13-18(26)14-8-9-19-17(11-14)23-20(27)12-29-19/h4-9,11H,2-3,10,12-13H2,1H3,(H,23,27). The number of nitrogens with zero attached hydrogens (tertiary/aromatic N) is 2. The van der Waals surface area contributed by atoms with Gasteiger partial charge in [0.1, 0.15) is 5.75 Å². The summed E-state index contributed by atoms with van der Waals surface area (Å²) in [5.41, 5.74) is 1.50. The first-order valence-electron chi connectivity index (χ1n) is 9.79. The summed E-state index contributed by atoms with van der Waals surface area (Å²) in [5.74, 6) is 0.307. The van der Waals surface area contributed by atoms with Gasteiger partial charge in [-0.3, -0.25) is 19.0 Å². The summed E-state index contributed by atoms with van der Waals surface area (Å²) in [6, 6.07) is 12.2. The summed E-state index contributed by atoms with van der Waals surface area (Å²) in [4.78, 5) is 41.8. The van der Waals surface area contributed by atoms with Crippen molar-refractivity contribution < 1.29 is 14.3 Å². The van der Waals surface area contributed by atoms with Gasteiger partial charge < -0.3 is 10.1 Å². The third-order valence-corrected chi connectivity index (χ3v) is 5.81. The fraction of sp³-hybridized carbons (Fsp3) is 0.273. The number of nitrogens with one attached hydrogen (secondary N) is 1. The molecule has 1 amide bonds. The van der Waals surface area contributed by atoms with Crippen LogP contribution in [0.25, 0.3) is 10.9 Å². The van der Waals surface area contributed by atoms with Crippen molar-refractivity contribution in [3.8, 4) is 5.75 Å². The molecule has 2 aromatic carbocycles. The highest BCUT2D eigenvalue weighted by atomic mass is 32.2. The number of unbranched alkanes of at least 4 members (excludes halogenated alkanes) is 1. The van der Waals surface area contributed by atoms with Crippen LogP contribution in [-0.2, 0) is 11.3 Å². The van der Waals surface area contributed by atoms with E-state index >= 15 is 0 Å². The Morgan fingerprint density at radius 3 is 2.90 bits per heavy atom. The molecule has 0 spiro atoms. The zero-order valence-electron chi connectivity index (χ0n) is 16.5. The second kappa shape index (κ2) is 8.71. The van der Waals surface area contributed by atoms with Gasteiger partial charge in [0.2, 0.25) is 0 Å². The number of carbonyl (C=O) groups is 2. The summed E-state index contributed by atoms with van der Waals surface area (Å²) < 4.78 is 6.99. The second-order valence-electron chi connectivity index (χ2n) is 6.98. The van der Waals surface area contributed by atoms with Crippen LogP contribution in [0.5, 0.6) is 5.75 Å². The number of hydrogen-bond donors (Lipinski definition) is 1. The Morgan fingerprint density at radius 1 is 1.23 bits per heavy atom. The van der Waals surface area contributed by atoms with Crippen molar-refractivity contribution in [3.05, 3.63) is 58.4 Å². The normalized spacial score (nSPS) is 12.9. The number of hydrogen-bond acceptors (Lipinski definition) is 6. The van der Waals surface area contributed by atoms with E-state index in [1.54, 1.807) is 34.9 Å². The predicted octanol–water partition coefficient (Wildman–Crippen LogP) is 3.50. The smallest absolute Gasteiger partial charge is 0.262 e. The zero-order valence-corrected chi connectivity index (χ0v) is 17.3. The molecule has 4 rings (SSSR count). The number of amides is 1. The predicted molar refractivity (Wildman–Crippen MR) is 117 cm³/mol. The topological polar surface area (TPSA) is 90.3 Å². The van der Waals surface area contributed by atoms with Gasteiger partial charge in [0, 0.05) is 12.1 Å². The highest BCUT2D eigenvalue weighted by molar-refractivity contribution is 7.99. The van der Waals surface area contributed by atoms with E-state index < -0.39 is 0 Å². The van der Waals surface area contributed by atoms with Crippen LogP contribution >= 0.6 is 11.8 Å². The van der Waals surface area contributed by atoms with Gasteiger partial charge in [-0.15, -0.1) is 0 Å². The summed E-state index contributed by atoms with van der Waals surface area (Å²) in [7, 11) is 0. The van der Waals surface area contributed by atoms with Crippen molar-refractivity contribution in [3.63, 3.8) is 0 Å². The molecular weight excluding hydrogens is 402 g/mol. The maximum Gasteiger partial charge on any atom is 0.262 e. The lowest BCUT2D eigenvalue weighted by atomic mass is 10.1. The van der Waals surface area contributed by atoms with Crippen molar-refractivity contribution in [2.75, 3.05) is 17.7 Å². The molecule has 1 aromatic heterocycles. The van der Waals surface area contributed by atoms with E-state index in [4.69, 9.17) is 4.74 Å². The average Bonchev–Trinajstić information content (AvgIpc) is 2.76. The molecule has 3 aromatic rings. The number of benzene rings is 2. The largest absolute Gasteiger partial charge is 0.482 e. The van der Waals surface area contributed by atoms with Crippen molar-refractivity contribution in [1.29, 1.82) is 0 Å².